The van der Waals surface area contributed by atoms with Crippen LogP contribution >= 0.6 is 0 Å². The smallest absolute Gasteiger partial charge is 0.144 e. The second kappa shape index (κ2) is 27.0. The quantitative estimate of drug-likeness (QED) is 0.0618. The first kappa shape index (κ1) is 41.7. The number of hydrogen-bond donors (Lipinski definition) is 6. The third-order valence-corrected chi connectivity index (χ3v) is 7.02. The summed E-state index contributed by atoms with van der Waals surface area (Å²) in [6.07, 6.45) is 16.3. The van der Waals surface area contributed by atoms with Gasteiger partial charge < -0.3 is 47.5 Å². The summed E-state index contributed by atoms with van der Waals surface area (Å²) in [7, 11) is 0. The Hall–Kier alpha value is -3.30. The van der Waals surface area contributed by atoms with Gasteiger partial charge in [-0.2, -0.15) is 0 Å². The molecule has 0 aliphatic rings. The molecule has 0 fully saturated rings. The van der Waals surface area contributed by atoms with Gasteiger partial charge in [-0.05, 0) is 56.1 Å². The summed E-state index contributed by atoms with van der Waals surface area (Å²) in [5, 5.41) is 17.2. The van der Waals surface area contributed by atoms with Crippen LogP contribution in [0.3, 0.4) is 0 Å². The summed E-state index contributed by atoms with van der Waals surface area (Å²) in [5.41, 5.74) is 27.2. The lowest BCUT2D eigenvalue weighted by Gasteiger charge is -2.26. The van der Waals surface area contributed by atoms with E-state index in [0.29, 0.717) is 28.6 Å². The molecule has 0 atom stereocenters. The second-order valence-corrected chi connectivity index (χ2v) is 11.5. The topological polar surface area (TPSA) is 166 Å². The number of allylic oxidation sites excluding steroid dienone is 1. The lowest BCUT2D eigenvalue weighted by atomic mass is 10.1. The minimum Gasteiger partial charge on any atom is -0.489 e. The van der Waals surface area contributed by atoms with Gasteiger partial charge in [0.15, 0.2) is 0 Å². The first-order valence-electron chi connectivity index (χ1n) is 16.8. The molecule has 0 saturated heterocycles. The molecule has 9 heteroatoms. The number of benzene rings is 2. The third kappa shape index (κ3) is 21.1. The highest BCUT2D eigenvalue weighted by atomic mass is 16.5. The maximum Gasteiger partial charge on any atom is 0.144 e. The Bertz CT molecular complexity index is 981. The van der Waals surface area contributed by atoms with Crippen LogP contribution in [0, 0.1) is 6.92 Å². The number of aliphatic hydroxyl groups is 2. The number of aryl methyl sites for hydroxylation is 1. The molecule has 2 aromatic carbocycles. The van der Waals surface area contributed by atoms with Crippen molar-refractivity contribution in [2.45, 2.75) is 105 Å². The number of hydrogen-bond acceptors (Lipinski definition) is 9. The van der Waals surface area contributed by atoms with E-state index in [2.05, 4.69) is 50.4 Å². The average molecular weight is 632 g/mol. The number of nitrogens with zero attached hydrogens (tertiary/aromatic N) is 1. The summed E-state index contributed by atoms with van der Waals surface area (Å²) >= 11 is 0. The van der Waals surface area contributed by atoms with E-state index in [1.54, 1.807) is 6.92 Å². The molecular weight excluding hydrogens is 566 g/mol. The van der Waals surface area contributed by atoms with Crippen LogP contribution in [0.4, 0.5) is 22.7 Å². The van der Waals surface area contributed by atoms with Gasteiger partial charge in [-0.1, -0.05) is 84.6 Å². The summed E-state index contributed by atoms with van der Waals surface area (Å²) < 4.78 is 10.3. The summed E-state index contributed by atoms with van der Waals surface area (Å²) in [5.74, 6) is 0.811. The maximum atomic E-state index is 8.61. The van der Waals surface area contributed by atoms with Gasteiger partial charge >= 0.3 is 0 Å². The van der Waals surface area contributed by atoms with E-state index in [1.807, 2.05) is 0 Å². The van der Waals surface area contributed by atoms with Crippen LogP contribution in [0.25, 0.3) is 0 Å². The van der Waals surface area contributed by atoms with Crippen molar-refractivity contribution in [3.63, 3.8) is 0 Å². The maximum absolute atomic E-state index is 8.61. The van der Waals surface area contributed by atoms with E-state index < -0.39 is 0 Å². The molecule has 0 bridgehead atoms. The van der Waals surface area contributed by atoms with Crippen LogP contribution in [-0.4, -0.2) is 49.7 Å². The third-order valence-electron chi connectivity index (χ3n) is 7.02. The highest BCUT2D eigenvalue weighted by Crippen LogP contribution is 2.32. The fraction of sp³-hybridized carbons (Fsp3) is 0.611. The number of unbranched alkanes of at least 4 members (excludes halogenated alkanes) is 10. The molecule has 0 aromatic heterocycles. The Balaban J connectivity index is 0.000000825. The molecule has 0 aliphatic carbocycles. The second-order valence-electron chi connectivity index (χ2n) is 11.5. The van der Waals surface area contributed by atoms with Crippen LogP contribution in [-0.2, 0) is 0 Å². The molecule has 0 spiro atoms. The van der Waals surface area contributed by atoms with E-state index in [-0.39, 0.29) is 26.4 Å². The number of anilines is 4. The standard InChI is InChI=1S/C23H42N2.C10H16N2O4.C3H7N/c1-4-6-8-10-12-14-18-25(19-15-13-11-9-7-5-2)22-16-17-23(24)21(3)20-22;11-7-6-10(16-4-2-14)8(12)5-9(7)15-3-1-13;1-3(2)4/h16-17,20H,4-15,18-19,24H2,1-3H3;5-6,13-14H,1-4,11-12H2;1,4H2,2H3. The number of ether oxygens (including phenoxy) is 2. The van der Waals surface area contributed by atoms with Crippen molar-refractivity contribution in [3.8, 4) is 11.5 Å². The fourth-order valence-electron chi connectivity index (χ4n) is 4.55. The first-order valence-corrected chi connectivity index (χ1v) is 16.8. The van der Waals surface area contributed by atoms with Gasteiger partial charge in [-0.3, -0.25) is 0 Å². The molecule has 0 amide bonds. The van der Waals surface area contributed by atoms with Crippen molar-refractivity contribution in [3.05, 3.63) is 48.2 Å². The minimum atomic E-state index is -0.0951. The molecule has 258 valence electrons. The van der Waals surface area contributed by atoms with Gasteiger partial charge in [0.05, 0.1) is 24.6 Å². The van der Waals surface area contributed by atoms with Crippen molar-refractivity contribution in [2.24, 2.45) is 5.73 Å². The molecule has 45 heavy (non-hydrogen) atoms. The van der Waals surface area contributed by atoms with Crippen molar-refractivity contribution in [1.29, 1.82) is 0 Å². The van der Waals surface area contributed by atoms with Gasteiger partial charge in [0, 0.05) is 36.6 Å². The van der Waals surface area contributed by atoms with Gasteiger partial charge in [0.1, 0.15) is 24.7 Å². The molecule has 10 N–H and O–H groups in total. The number of aliphatic hydroxyl groups excluding tert-OH is 2. The molecule has 2 rings (SSSR count). The zero-order valence-corrected chi connectivity index (χ0v) is 28.8. The molecule has 0 radical (unpaired) electrons. The predicted molar refractivity (Wildman–Crippen MR) is 194 cm³/mol. The zero-order chi connectivity index (χ0) is 33.9. The number of nitrogens with two attached hydrogens (primary N) is 4. The van der Waals surface area contributed by atoms with Crippen molar-refractivity contribution < 1.29 is 19.7 Å². The van der Waals surface area contributed by atoms with E-state index in [4.69, 9.17) is 42.6 Å². The summed E-state index contributed by atoms with van der Waals surface area (Å²) in [4.78, 5) is 2.59. The van der Waals surface area contributed by atoms with Gasteiger partial charge in [0.2, 0.25) is 0 Å². The Labute approximate surface area is 274 Å². The molecule has 2 aromatic rings. The highest BCUT2D eigenvalue weighted by Gasteiger charge is 2.09. The molecule has 0 aliphatic heterocycles. The Kier molecular flexibility index (Phi) is 25.1. The average Bonchev–Trinajstić information content (AvgIpc) is 3.00. The SMILES string of the molecule is C=C(C)N.CCCCCCCCN(CCCCCCCC)c1ccc(N)c(C)c1.Nc1cc(OCCO)c(N)cc1OCCO. The molecule has 0 heterocycles. The summed E-state index contributed by atoms with van der Waals surface area (Å²) in [6.45, 7) is 14.3. The van der Waals surface area contributed by atoms with Crippen LogP contribution < -0.4 is 37.3 Å². The van der Waals surface area contributed by atoms with Crippen molar-refractivity contribution in [2.75, 3.05) is 61.6 Å². The van der Waals surface area contributed by atoms with E-state index >= 15 is 0 Å². The van der Waals surface area contributed by atoms with Gasteiger partial charge in [-0.25, -0.2) is 0 Å². The molecule has 9 nitrogen and oxygen atoms in total. The largest absolute Gasteiger partial charge is 0.489 e. The highest BCUT2D eigenvalue weighted by molar-refractivity contribution is 5.67. The van der Waals surface area contributed by atoms with Crippen molar-refractivity contribution in [1.82, 2.24) is 0 Å². The lowest BCUT2D eigenvalue weighted by molar-refractivity contribution is 0.199. The van der Waals surface area contributed by atoms with E-state index in [0.717, 1.165) is 5.69 Å². The van der Waals surface area contributed by atoms with Gasteiger partial charge in [0.25, 0.3) is 0 Å². The normalized spacial score (nSPS) is 10.3. The minimum absolute atomic E-state index is 0.0951. The fourth-order valence-corrected chi connectivity index (χ4v) is 4.55. The Morgan fingerprint density at radius 3 is 1.47 bits per heavy atom. The van der Waals surface area contributed by atoms with Gasteiger partial charge in [-0.15, -0.1) is 0 Å². The first-order chi connectivity index (χ1) is 21.6. The summed E-state index contributed by atoms with van der Waals surface area (Å²) in [6, 6.07) is 9.59. The van der Waals surface area contributed by atoms with Crippen LogP contribution in [0.1, 0.15) is 103 Å². The van der Waals surface area contributed by atoms with Crippen LogP contribution in [0.2, 0.25) is 0 Å². The Morgan fingerprint density at radius 1 is 0.689 bits per heavy atom. The monoisotopic (exact) mass is 632 g/mol. The molecule has 0 unspecified atom stereocenters. The zero-order valence-electron chi connectivity index (χ0n) is 28.8. The van der Waals surface area contributed by atoms with Crippen LogP contribution in [0.5, 0.6) is 11.5 Å². The van der Waals surface area contributed by atoms with Crippen molar-refractivity contribution >= 4 is 22.7 Å². The van der Waals surface area contributed by atoms with E-state index in [1.165, 1.54) is 114 Å². The molecular formula is C36H65N5O4. The number of nitrogen functional groups attached to an aromatic ring is 3. The van der Waals surface area contributed by atoms with E-state index in [9.17, 15) is 0 Å². The number of rotatable bonds is 21. The predicted octanol–water partition coefficient (Wildman–Crippen LogP) is 7.18. The van der Waals surface area contributed by atoms with Crippen LogP contribution in [0.15, 0.2) is 42.6 Å². The Morgan fingerprint density at radius 2 is 1.09 bits per heavy atom. The molecule has 0 saturated carbocycles. The lowest BCUT2D eigenvalue weighted by Crippen LogP contribution is -2.25.